The predicted octanol–water partition coefficient (Wildman–Crippen LogP) is 4.35. The van der Waals surface area contributed by atoms with Gasteiger partial charge >= 0.3 is 0 Å². The maximum atomic E-state index is 13.4. The fraction of sp³-hybridized carbons (Fsp3) is 0.364. The smallest absolute Gasteiger partial charge is 0.244 e. The number of nitrogens with one attached hydrogen (secondary N) is 1. The van der Waals surface area contributed by atoms with Gasteiger partial charge in [0.05, 0.1) is 17.0 Å². The fourth-order valence-electron chi connectivity index (χ4n) is 3.07. The van der Waals surface area contributed by atoms with Crippen molar-refractivity contribution in [2.24, 2.45) is 0 Å². The van der Waals surface area contributed by atoms with E-state index in [0.717, 1.165) is 10.6 Å². The minimum absolute atomic E-state index is 0.00602. The Bertz CT molecular complexity index is 1130. The van der Waals surface area contributed by atoms with E-state index in [1.165, 1.54) is 23.1 Å². The molecular formula is C22H26Cl3N3O4S. The van der Waals surface area contributed by atoms with E-state index in [2.05, 4.69) is 5.32 Å². The third-order valence-corrected chi connectivity index (χ3v) is 6.80. The Morgan fingerprint density at radius 1 is 1.00 bits per heavy atom. The minimum Gasteiger partial charge on any atom is -0.352 e. The van der Waals surface area contributed by atoms with E-state index >= 15 is 0 Å². The molecule has 0 aromatic heterocycles. The summed E-state index contributed by atoms with van der Waals surface area (Å²) in [4.78, 5) is 27.4. The van der Waals surface area contributed by atoms with E-state index < -0.39 is 28.5 Å². The molecule has 2 amide bonds. The highest BCUT2D eigenvalue weighted by Gasteiger charge is 2.31. The monoisotopic (exact) mass is 533 g/mol. The first-order chi connectivity index (χ1) is 15.3. The normalized spacial score (nSPS) is 12.4. The highest BCUT2D eigenvalue weighted by Crippen LogP contribution is 2.31. The number of sulfonamides is 1. The zero-order valence-electron chi connectivity index (χ0n) is 18.7. The molecular weight excluding hydrogens is 509 g/mol. The minimum atomic E-state index is -3.92. The van der Waals surface area contributed by atoms with E-state index in [9.17, 15) is 18.0 Å². The average molecular weight is 535 g/mol. The van der Waals surface area contributed by atoms with E-state index in [1.807, 2.05) is 0 Å². The third kappa shape index (κ3) is 7.50. The van der Waals surface area contributed by atoms with Crippen LogP contribution in [0.1, 0.15) is 26.3 Å². The number of halogens is 3. The van der Waals surface area contributed by atoms with Crippen molar-refractivity contribution in [3.05, 3.63) is 63.1 Å². The molecule has 0 unspecified atom stereocenters. The first-order valence-electron chi connectivity index (χ1n) is 10.1. The van der Waals surface area contributed by atoms with Crippen LogP contribution in [0.2, 0.25) is 15.1 Å². The lowest BCUT2D eigenvalue weighted by Gasteiger charge is -2.32. The lowest BCUT2D eigenvalue weighted by atomic mass is 10.1. The second-order valence-corrected chi connectivity index (χ2v) is 11.0. The molecule has 1 atom stereocenters. The summed E-state index contributed by atoms with van der Waals surface area (Å²) in [6.45, 7) is 4.60. The van der Waals surface area contributed by atoms with Gasteiger partial charge in [0.25, 0.3) is 0 Å². The molecule has 0 saturated carbocycles. The number of hydrogen-bond donors (Lipinski definition) is 1. The molecule has 0 bridgehead atoms. The van der Waals surface area contributed by atoms with Crippen molar-refractivity contribution in [2.75, 3.05) is 17.1 Å². The lowest BCUT2D eigenvalue weighted by Crippen LogP contribution is -2.52. The fourth-order valence-corrected chi connectivity index (χ4v) is 4.55. The Balaban J connectivity index is 2.45. The zero-order chi connectivity index (χ0) is 24.9. The molecule has 180 valence electrons. The summed E-state index contributed by atoms with van der Waals surface area (Å²) >= 11 is 18.5. The first kappa shape index (κ1) is 27.2. The topological polar surface area (TPSA) is 86.8 Å². The van der Waals surface area contributed by atoms with Gasteiger partial charge in [-0.3, -0.25) is 13.9 Å². The number of anilines is 1. The van der Waals surface area contributed by atoms with Gasteiger partial charge in [0.15, 0.2) is 0 Å². The van der Waals surface area contributed by atoms with Crippen LogP contribution in [0, 0.1) is 0 Å². The van der Waals surface area contributed by atoms with Gasteiger partial charge in [-0.05, 0) is 50.6 Å². The SMILES string of the molecule is CC(C)NC(=O)[C@H](C)N(Cc1ccccc1Cl)C(=O)CN(c1cc(Cl)ccc1Cl)S(C)(=O)=O. The maximum absolute atomic E-state index is 13.4. The second-order valence-electron chi connectivity index (χ2n) is 7.82. The van der Waals surface area contributed by atoms with Crippen molar-refractivity contribution in [1.82, 2.24) is 10.2 Å². The van der Waals surface area contributed by atoms with Gasteiger partial charge in [-0.1, -0.05) is 53.0 Å². The van der Waals surface area contributed by atoms with Crippen molar-refractivity contribution in [3.63, 3.8) is 0 Å². The van der Waals surface area contributed by atoms with E-state index in [0.29, 0.717) is 10.6 Å². The lowest BCUT2D eigenvalue weighted by molar-refractivity contribution is -0.139. The van der Waals surface area contributed by atoms with Gasteiger partial charge in [-0.25, -0.2) is 8.42 Å². The Morgan fingerprint density at radius 3 is 2.21 bits per heavy atom. The van der Waals surface area contributed by atoms with Crippen molar-refractivity contribution in [3.8, 4) is 0 Å². The molecule has 1 N–H and O–H groups in total. The number of rotatable bonds is 9. The molecule has 0 heterocycles. The average Bonchev–Trinajstić information content (AvgIpc) is 2.71. The van der Waals surface area contributed by atoms with Gasteiger partial charge in [-0.15, -0.1) is 0 Å². The van der Waals surface area contributed by atoms with E-state index in [4.69, 9.17) is 34.8 Å². The van der Waals surface area contributed by atoms with Crippen molar-refractivity contribution >= 4 is 62.3 Å². The van der Waals surface area contributed by atoms with Crippen LogP contribution in [0.15, 0.2) is 42.5 Å². The van der Waals surface area contributed by atoms with Gasteiger partial charge in [0.2, 0.25) is 21.8 Å². The zero-order valence-corrected chi connectivity index (χ0v) is 21.8. The molecule has 0 aliphatic rings. The van der Waals surface area contributed by atoms with Gasteiger partial charge in [0, 0.05) is 22.6 Å². The molecule has 11 heteroatoms. The largest absolute Gasteiger partial charge is 0.352 e. The first-order valence-corrected chi connectivity index (χ1v) is 13.1. The molecule has 2 rings (SSSR count). The summed E-state index contributed by atoms with van der Waals surface area (Å²) in [6, 6.07) is 10.2. The number of benzene rings is 2. The molecule has 7 nitrogen and oxygen atoms in total. The summed E-state index contributed by atoms with van der Waals surface area (Å²) in [7, 11) is -3.92. The van der Waals surface area contributed by atoms with Crippen LogP contribution in [0.5, 0.6) is 0 Å². The molecule has 0 spiro atoms. The van der Waals surface area contributed by atoms with Crippen LogP contribution >= 0.6 is 34.8 Å². The third-order valence-electron chi connectivity index (χ3n) is 4.75. The molecule has 0 aliphatic heterocycles. The number of carbonyl (C=O) groups excluding carboxylic acids is 2. The molecule has 0 aliphatic carbocycles. The van der Waals surface area contributed by atoms with Crippen LogP contribution in [0.3, 0.4) is 0 Å². The number of nitrogens with zero attached hydrogens (tertiary/aromatic N) is 2. The quantitative estimate of drug-likeness (QED) is 0.518. The summed E-state index contributed by atoms with van der Waals surface area (Å²) in [5, 5.41) is 3.56. The van der Waals surface area contributed by atoms with Gasteiger partial charge < -0.3 is 10.2 Å². The van der Waals surface area contributed by atoms with Crippen LogP contribution in [-0.2, 0) is 26.2 Å². The Labute approximate surface area is 209 Å². The summed E-state index contributed by atoms with van der Waals surface area (Å²) in [5.41, 5.74) is 0.681. The summed E-state index contributed by atoms with van der Waals surface area (Å²) in [5.74, 6) is -0.986. The van der Waals surface area contributed by atoms with Crippen molar-refractivity contribution < 1.29 is 18.0 Å². The van der Waals surface area contributed by atoms with Crippen LogP contribution in [0.4, 0.5) is 5.69 Å². The Hall–Kier alpha value is -2.00. The highest BCUT2D eigenvalue weighted by molar-refractivity contribution is 7.92. The number of carbonyl (C=O) groups is 2. The van der Waals surface area contributed by atoms with E-state index in [-0.39, 0.29) is 34.2 Å². The Morgan fingerprint density at radius 2 is 1.64 bits per heavy atom. The molecule has 0 radical (unpaired) electrons. The van der Waals surface area contributed by atoms with Gasteiger partial charge in [0.1, 0.15) is 12.6 Å². The molecule has 0 saturated heterocycles. The molecule has 2 aromatic rings. The number of hydrogen-bond acceptors (Lipinski definition) is 4. The van der Waals surface area contributed by atoms with Crippen LogP contribution < -0.4 is 9.62 Å². The van der Waals surface area contributed by atoms with Gasteiger partial charge in [-0.2, -0.15) is 0 Å². The van der Waals surface area contributed by atoms with Crippen molar-refractivity contribution in [2.45, 2.75) is 39.4 Å². The maximum Gasteiger partial charge on any atom is 0.244 e. The standard InChI is InChI=1S/C22H26Cl3N3O4S/c1-14(2)26-22(30)15(3)27(12-16-7-5-6-8-18(16)24)21(29)13-28(33(4,31)32)20-11-17(23)9-10-19(20)25/h5-11,14-15H,12-13H2,1-4H3,(H,26,30)/t15-/m0/s1. The number of amides is 2. The molecule has 0 fully saturated rings. The predicted molar refractivity (Wildman–Crippen MR) is 133 cm³/mol. The molecule has 33 heavy (non-hydrogen) atoms. The molecule has 2 aromatic carbocycles. The van der Waals surface area contributed by atoms with Crippen LogP contribution in [0.25, 0.3) is 0 Å². The van der Waals surface area contributed by atoms with Crippen LogP contribution in [-0.4, -0.2) is 50.0 Å². The van der Waals surface area contributed by atoms with Crippen molar-refractivity contribution in [1.29, 1.82) is 0 Å². The second kappa shape index (κ2) is 11.4. The van der Waals surface area contributed by atoms with E-state index in [1.54, 1.807) is 45.0 Å². The summed E-state index contributed by atoms with van der Waals surface area (Å²) < 4.78 is 26.0. The highest BCUT2D eigenvalue weighted by atomic mass is 35.5. The summed E-state index contributed by atoms with van der Waals surface area (Å²) in [6.07, 6.45) is 0.963. The Kier molecular flexibility index (Phi) is 9.43.